The zero-order chi connectivity index (χ0) is 13.5. The zero-order valence-electron chi connectivity index (χ0n) is 10.5. The minimum atomic E-state index is -0.735. The van der Waals surface area contributed by atoms with Crippen molar-refractivity contribution in [2.75, 3.05) is 11.9 Å². The third-order valence-corrected chi connectivity index (χ3v) is 2.46. The number of rotatable bonds is 4. The van der Waals surface area contributed by atoms with E-state index in [1.54, 1.807) is 6.92 Å². The summed E-state index contributed by atoms with van der Waals surface area (Å²) in [5.74, 6) is -1.79. The van der Waals surface area contributed by atoms with Gasteiger partial charge >= 0.3 is 11.8 Å². The molecule has 1 aromatic carbocycles. The zero-order valence-corrected chi connectivity index (χ0v) is 10.5. The van der Waals surface area contributed by atoms with E-state index in [4.69, 9.17) is 0 Å². The summed E-state index contributed by atoms with van der Waals surface area (Å²) >= 11 is 0. The second-order valence-electron chi connectivity index (χ2n) is 4.02. The number of nitrogens with one attached hydrogen (secondary N) is 2. The number of hydrogen-bond acceptors (Lipinski definition) is 2. The van der Waals surface area contributed by atoms with Gasteiger partial charge in [0.2, 0.25) is 0 Å². The van der Waals surface area contributed by atoms with Crippen LogP contribution in [0.1, 0.15) is 25.3 Å². The first-order valence-electron chi connectivity index (χ1n) is 5.90. The number of hydrogen-bond donors (Lipinski definition) is 2. The Balaban J connectivity index is 2.56. The fourth-order valence-corrected chi connectivity index (χ4v) is 1.41. The summed E-state index contributed by atoms with van der Waals surface area (Å²) in [5.41, 5.74) is 1.01. The number of halogens is 1. The molecule has 1 aromatic rings. The van der Waals surface area contributed by atoms with Gasteiger partial charge in [0.25, 0.3) is 0 Å². The van der Waals surface area contributed by atoms with Gasteiger partial charge in [-0.05, 0) is 37.1 Å². The lowest BCUT2D eigenvalue weighted by molar-refractivity contribution is -0.136. The van der Waals surface area contributed by atoms with Gasteiger partial charge in [-0.15, -0.1) is 0 Å². The van der Waals surface area contributed by atoms with E-state index in [2.05, 4.69) is 10.6 Å². The van der Waals surface area contributed by atoms with Gasteiger partial charge < -0.3 is 10.6 Å². The molecule has 18 heavy (non-hydrogen) atoms. The summed E-state index contributed by atoms with van der Waals surface area (Å²) in [6.07, 6.45) is 1.77. The van der Waals surface area contributed by atoms with Crippen LogP contribution in [0.15, 0.2) is 18.2 Å². The van der Waals surface area contributed by atoms with Gasteiger partial charge in [-0.1, -0.05) is 13.3 Å². The molecular formula is C13H17FN2O2. The maximum absolute atomic E-state index is 12.9. The van der Waals surface area contributed by atoms with Crippen LogP contribution in [0.5, 0.6) is 0 Å². The predicted octanol–water partition coefficient (Wildman–Crippen LogP) is 1.99. The van der Waals surface area contributed by atoms with Crippen molar-refractivity contribution >= 4 is 17.5 Å². The number of carbonyl (C=O) groups is 2. The molecule has 0 aromatic heterocycles. The van der Waals surface area contributed by atoms with Crippen LogP contribution >= 0.6 is 0 Å². The van der Waals surface area contributed by atoms with Crippen molar-refractivity contribution in [1.82, 2.24) is 5.32 Å². The Hall–Kier alpha value is -1.91. The molecule has 5 heteroatoms. The quantitative estimate of drug-likeness (QED) is 0.636. The molecule has 0 aliphatic heterocycles. The first-order chi connectivity index (χ1) is 8.54. The van der Waals surface area contributed by atoms with Gasteiger partial charge in [0.15, 0.2) is 0 Å². The molecule has 0 atom stereocenters. The van der Waals surface area contributed by atoms with Crippen molar-refractivity contribution < 1.29 is 14.0 Å². The topological polar surface area (TPSA) is 58.2 Å². The largest absolute Gasteiger partial charge is 0.348 e. The van der Waals surface area contributed by atoms with E-state index in [-0.39, 0.29) is 5.82 Å². The molecule has 0 spiro atoms. The second-order valence-corrected chi connectivity index (χ2v) is 4.02. The monoisotopic (exact) mass is 252 g/mol. The number of benzene rings is 1. The molecule has 0 saturated carbocycles. The lowest BCUT2D eigenvalue weighted by Gasteiger charge is -2.08. The SMILES string of the molecule is CCCCNC(=O)C(=O)Nc1ccc(F)cc1C. The van der Waals surface area contributed by atoms with Crippen molar-refractivity contribution in [2.45, 2.75) is 26.7 Å². The van der Waals surface area contributed by atoms with Crippen molar-refractivity contribution in [1.29, 1.82) is 0 Å². The highest BCUT2D eigenvalue weighted by Crippen LogP contribution is 2.15. The molecule has 1 rings (SSSR count). The number of anilines is 1. The van der Waals surface area contributed by atoms with Gasteiger partial charge in [-0.3, -0.25) is 9.59 Å². The number of aryl methyl sites for hydroxylation is 1. The number of carbonyl (C=O) groups excluding carboxylic acids is 2. The average Bonchev–Trinajstić information content (AvgIpc) is 2.32. The predicted molar refractivity (Wildman–Crippen MR) is 67.7 cm³/mol. The Labute approximate surface area is 106 Å². The highest BCUT2D eigenvalue weighted by atomic mass is 19.1. The van der Waals surface area contributed by atoms with E-state index in [1.807, 2.05) is 6.92 Å². The van der Waals surface area contributed by atoms with Crippen molar-refractivity contribution in [3.8, 4) is 0 Å². The summed E-state index contributed by atoms with van der Waals surface area (Å²) < 4.78 is 12.9. The Morgan fingerprint density at radius 1 is 1.28 bits per heavy atom. The van der Waals surface area contributed by atoms with Crippen LogP contribution in [-0.4, -0.2) is 18.4 Å². The van der Waals surface area contributed by atoms with Crippen LogP contribution < -0.4 is 10.6 Å². The van der Waals surface area contributed by atoms with E-state index in [9.17, 15) is 14.0 Å². The van der Waals surface area contributed by atoms with E-state index in [0.29, 0.717) is 17.8 Å². The van der Waals surface area contributed by atoms with Crippen molar-refractivity contribution in [3.05, 3.63) is 29.6 Å². The Morgan fingerprint density at radius 2 is 2.00 bits per heavy atom. The maximum atomic E-state index is 12.9. The van der Waals surface area contributed by atoms with Gasteiger partial charge in [-0.25, -0.2) is 4.39 Å². The molecule has 2 amide bonds. The number of amides is 2. The van der Waals surface area contributed by atoms with Crippen LogP contribution in [0.4, 0.5) is 10.1 Å². The molecule has 98 valence electrons. The maximum Gasteiger partial charge on any atom is 0.313 e. The molecule has 0 saturated heterocycles. The molecular weight excluding hydrogens is 235 g/mol. The normalized spacial score (nSPS) is 9.94. The molecule has 2 N–H and O–H groups in total. The summed E-state index contributed by atoms with van der Waals surface area (Å²) in [4.78, 5) is 22.9. The fraction of sp³-hybridized carbons (Fsp3) is 0.385. The van der Waals surface area contributed by atoms with Gasteiger partial charge in [0.05, 0.1) is 0 Å². The minimum Gasteiger partial charge on any atom is -0.348 e. The highest BCUT2D eigenvalue weighted by molar-refractivity contribution is 6.39. The molecule has 0 radical (unpaired) electrons. The van der Waals surface area contributed by atoms with Gasteiger partial charge in [0, 0.05) is 12.2 Å². The van der Waals surface area contributed by atoms with E-state index in [0.717, 1.165) is 12.8 Å². The summed E-state index contributed by atoms with van der Waals surface area (Å²) in [7, 11) is 0. The Morgan fingerprint density at radius 3 is 2.61 bits per heavy atom. The Bertz CT molecular complexity index is 447. The molecule has 0 heterocycles. The first-order valence-corrected chi connectivity index (χ1v) is 5.90. The van der Waals surface area contributed by atoms with Crippen molar-refractivity contribution in [3.63, 3.8) is 0 Å². The van der Waals surface area contributed by atoms with Crippen LogP contribution in [0.25, 0.3) is 0 Å². The first kappa shape index (κ1) is 14.2. The molecule has 0 unspecified atom stereocenters. The molecule has 0 aliphatic carbocycles. The summed E-state index contributed by atoms with van der Waals surface area (Å²) in [6, 6.07) is 3.96. The summed E-state index contributed by atoms with van der Waals surface area (Å²) in [6.45, 7) is 4.13. The third-order valence-electron chi connectivity index (χ3n) is 2.46. The van der Waals surface area contributed by atoms with Gasteiger partial charge in [0.1, 0.15) is 5.82 Å². The number of unbranched alkanes of at least 4 members (excludes halogenated alkanes) is 1. The summed E-state index contributed by atoms with van der Waals surface area (Å²) in [5, 5.41) is 4.96. The highest BCUT2D eigenvalue weighted by Gasteiger charge is 2.13. The molecule has 0 bridgehead atoms. The lowest BCUT2D eigenvalue weighted by atomic mass is 10.2. The average molecular weight is 252 g/mol. The van der Waals surface area contributed by atoms with E-state index < -0.39 is 11.8 Å². The van der Waals surface area contributed by atoms with Crippen LogP contribution in [0.2, 0.25) is 0 Å². The smallest absolute Gasteiger partial charge is 0.313 e. The lowest BCUT2D eigenvalue weighted by Crippen LogP contribution is -2.36. The van der Waals surface area contributed by atoms with Gasteiger partial charge in [-0.2, -0.15) is 0 Å². The minimum absolute atomic E-state index is 0.377. The fourth-order valence-electron chi connectivity index (χ4n) is 1.41. The molecule has 0 fully saturated rings. The second kappa shape index (κ2) is 6.74. The van der Waals surface area contributed by atoms with E-state index >= 15 is 0 Å². The Kier molecular flexibility index (Phi) is 5.30. The van der Waals surface area contributed by atoms with Crippen LogP contribution in [0, 0.1) is 12.7 Å². The van der Waals surface area contributed by atoms with E-state index in [1.165, 1.54) is 18.2 Å². The van der Waals surface area contributed by atoms with Crippen molar-refractivity contribution in [2.24, 2.45) is 0 Å². The third kappa shape index (κ3) is 4.16. The standard InChI is InChI=1S/C13H17FN2O2/c1-3-4-7-15-12(17)13(18)16-11-6-5-10(14)8-9(11)2/h5-6,8H,3-4,7H2,1-2H3,(H,15,17)(H,16,18). The molecule has 4 nitrogen and oxygen atoms in total. The van der Waals surface area contributed by atoms with Crippen LogP contribution in [0.3, 0.4) is 0 Å². The molecule has 0 aliphatic rings. The van der Waals surface area contributed by atoms with Crippen LogP contribution in [-0.2, 0) is 9.59 Å².